The fraction of sp³-hybridized carbons (Fsp3) is 0.273. The average molecular weight is 856 g/mol. The Morgan fingerprint density at radius 2 is 0.439 bits per heavy atom. The molecule has 0 unspecified atom stereocenters. The Kier molecular flexibility index (Phi) is 25.1. The second-order valence-electron chi connectivity index (χ2n) is 12.6. The molecule has 0 radical (unpaired) electrons. The van der Waals surface area contributed by atoms with Crippen molar-refractivity contribution >= 4 is 47.0 Å². The minimum absolute atomic E-state index is 0. The molecular formula is C44H44O12Zr. The van der Waals surface area contributed by atoms with Crippen molar-refractivity contribution in [2.75, 3.05) is 0 Å². The summed E-state index contributed by atoms with van der Waals surface area (Å²) < 4.78 is 0. The Balaban J connectivity index is 0.000000729. The van der Waals surface area contributed by atoms with Gasteiger partial charge in [-0.2, -0.15) is 0 Å². The summed E-state index contributed by atoms with van der Waals surface area (Å²) in [6, 6.07) is 28.2. The summed E-state index contributed by atoms with van der Waals surface area (Å²) in [5.41, 5.74) is 6.49. The number of rotatable bonds is 16. The zero-order valence-electron chi connectivity index (χ0n) is 32.3. The molecule has 0 fully saturated rings. The van der Waals surface area contributed by atoms with E-state index in [1.807, 2.05) is 76.2 Å². The average Bonchev–Trinajstić information content (AvgIpc) is 3.16. The first-order valence-electron chi connectivity index (χ1n) is 17.6. The molecule has 0 heterocycles. The van der Waals surface area contributed by atoms with Crippen molar-refractivity contribution in [3.63, 3.8) is 0 Å². The minimum Gasteiger partial charge on any atom is -0.550 e. The van der Waals surface area contributed by atoms with Crippen molar-refractivity contribution in [2.45, 2.75) is 79.1 Å². The molecule has 0 aliphatic rings. The number of benzene rings is 4. The molecule has 0 saturated heterocycles. The molecule has 0 aliphatic heterocycles. The van der Waals surface area contributed by atoms with Crippen molar-refractivity contribution in [2.24, 2.45) is 0 Å². The van der Waals surface area contributed by atoms with Gasteiger partial charge in [0.25, 0.3) is 0 Å². The van der Waals surface area contributed by atoms with E-state index in [2.05, 4.69) is 0 Å². The number of carboxylic acid groups (broad SMARTS) is 4. The fourth-order valence-electron chi connectivity index (χ4n) is 4.40. The van der Waals surface area contributed by atoms with Crippen LogP contribution in [0.15, 0.2) is 97.1 Å². The van der Waals surface area contributed by atoms with Crippen LogP contribution in [0.25, 0.3) is 0 Å². The van der Waals surface area contributed by atoms with Crippen molar-refractivity contribution in [1.82, 2.24) is 0 Å². The van der Waals surface area contributed by atoms with E-state index in [9.17, 15) is 58.8 Å². The van der Waals surface area contributed by atoms with Crippen molar-refractivity contribution in [3.8, 4) is 0 Å². The molecule has 13 heteroatoms. The topological polar surface area (TPSA) is 229 Å². The van der Waals surface area contributed by atoms with Gasteiger partial charge >= 0.3 is 26.2 Å². The molecule has 57 heavy (non-hydrogen) atoms. The van der Waals surface area contributed by atoms with Gasteiger partial charge in [0.05, 0.1) is 0 Å². The summed E-state index contributed by atoms with van der Waals surface area (Å²) in [6.07, 6.45) is -0.841. The number of ketones is 4. The molecule has 0 amide bonds. The van der Waals surface area contributed by atoms with E-state index in [1.165, 1.54) is 0 Å². The predicted molar refractivity (Wildman–Crippen MR) is 199 cm³/mol. The molecule has 0 aliphatic carbocycles. The van der Waals surface area contributed by atoms with E-state index in [0.717, 1.165) is 22.3 Å². The maximum absolute atomic E-state index is 11.4. The van der Waals surface area contributed by atoms with Crippen molar-refractivity contribution in [3.05, 3.63) is 142 Å². The van der Waals surface area contributed by atoms with Crippen LogP contribution in [-0.4, -0.2) is 47.0 Å². The van der Waals surface area contributed by atoms with Gasteiger partial charge in [-0.3, -0.25) is 19.2 Å². The summed E-state index contributed by atoms with van der Waals surface area (Å²) in [5, 5.41) is 40.5. The molecule has 4 aromatic rings. The molecule has 12 nitrogen and oxygen atoms in total. The van der Waals surface area contributed by atoms with Crippen LogP contribution < -0.4 is 20.4 Å². The van der Waals surface area contributed by atoms with Gasteiger partial charge in [-0.25, -0.2) is 0 Å². The van der Waals surface area contributed by atoms with Gasteiger partial charge in [-0.1, -0.05) is 119 Å². The molecule has 4 aromatic carbocycles. The maximum Gasteiger partial charge on any atom is 4.00 e. The largest absolute Gasteiger partial charge is 4.00 e. The van der Waals surface area contributed by atoms with Crippen LogP contribution in [-0.2, 0) is 45.4 Å². The van der Waals surface area contributed by atoms with E-state index >= 15 is 0 Å². The van der Waals surface area contributed by atoms with Crippen molar-refractivity contribution < 1.29 is 85.0 Å². The number of carbonyl (C=O) groups is 8. The third-order valence-electron chi connectivity index (χ3n) is 7.72. The maximum atomic E-state index is 11.4. The second-order valence-corrected chi connectivity index (χ2v) is 12.6. The number of carbonyl (C=O) groups excluding carboxylic acids is 8. The molecule has 0 spiro atoms. The Hall–Kier alpha value is -5.68. The Morgan fingerprint density at radius 1 is 0.298 bits per heavy atom. The first-order valence-corrected chi connectivity index (χ1v) is 17.6. The minimum atomic E-state index is -1.19. The van der Waals surface area contributed by atoms with Crippen LogP contribution in [0.2, 0.25) is 0 Å². The Labute approximate surface area is 351 Å². The van der Waals surface area contributed by atoms with Gasteiger partial charge in [0, 0.05) is 71.8 Å². The molecule has 0 aromatic heterocycles. The van der Waals surface area contributed by atoms with E-state index in [0.29, 0.717) is 22.3 Å². The van der Waals surface area contributed by atoms with Gasteiger partial charge in [0.15, 0.2) is 23.1 Å². The van der Waals surface area contributed by atoms with Crippen LogP contribution >= 0.6 is 0 Å². The van der Waals surface area contributed by atoms with Gasteiger partial charge in [0.2, 0.25) is 0 Å². The monoisotopic (exact) mass is 854 g/mol. The summed E-state index contributed by atoms with van der Waals surface area (Å²) in [4.78, 5) is 86.0. The third-order valence-corrected chi connectivity index (χ3v) is 7.72. The van der Waals surface area contributed by atoms with Gasteiger partial charge in [0.1, 0.15) is 0 Å². The van der Waals surface area contributed by atoms with Crippen LogP contribution in [0.4, 0.5) is 0 Å². The molecule has 296 valence electrons. The molecular weight excluding hydrogens is 812 g/mol. The summed E-state index contributed by atoms with van der Waals surface area (Å²) >= 11 is 0. The Morgan fingerprint density at radius 3 is 0.561 bits per heavy atom. The number of aryl methyl sites for hydroxylation is 4. The fourth-order valence-corrected chi connectivity index (χ4v) is 4.40. The molecule has 0 atom stereocenters. The van der Waals surface area contributed by atoms with Crippen LogP contribution in [0, 0.1) is 27.7 Å². The van der Waals surface area contributed by atoms with Gasteiger partial charge in [-0.15, -0.1) is 0 Å². The van der Waals surface area contributed by atoms with E-state index in [-0.39, 0.29) is 101 Å². The quantitative estimate of drug-likeness (QED) is 0.148. The van der Waals surface area contributed by atoms with Gasteiger partial charge in [-0.05, 0) is 53.4 Å². The Bertz CT molecular complexity index is 1650. The van der Waals surface area contributed by atoms with Crippen LogP contribution in [0.5, 0.6) is 0 Å². The van der Waals surface area contributed by atoms with E-state index < -0.39 is 23.9 Å². The SMILES string of the molecule is Cc1ccc(C(=O)CCC(=O)[O-])cc1.Cc1ccc(C(=O)CCC(=O)[O-])cc1.Cc1ccc(C(=O)CCC(=O)[O-])cc1.Cc1ccc(C(=O)CCC(=O)[O-])cc1.[Zr+4]. The zero-order chi connectivity index (χ0) is 42.2. The number of carboxylic acids is 4. The third kappa shape index (κ3) is 23.8. The second kappa shape index (κ2) is 27.8. The smallest absolute Gasteiger partial charge is 0.550 e. The summed E-state index contributed by atoms with van der Waals surface area (Å²) in [5.74, 6) is -5.39. The van der Waals surface area contributed by atoms with Gasteiger partial charge < -0.3 is 39.6 Å². The number of hydrogen-bond donors (Lipinski definition) is 0. The summed E-state index contributed by atoms with van der Waals surface area (Å²) in [7, 11) is 0. The summed E-state index contributed by atoms with van der Waals surface area (Å²) in [6.45, 7) is 7.70. The molecule has 0 saturated carbocycles. The van der Waals surface area contributed by atoms with E-state index in [1.54, 1.807) is 48.5 Å². The number of Topliss-reactive ketones (excluding diaryl/α,β-unsaturated/α-hetero) is 4. The standard InChI is InChI=1S/4C11H12O3.Zr/c4*1-8-2-4-9(5-3-8)10(12)6-7-11(13)14;/h4*2-5H,6-7H2,1H3,(H,13,14);/q;;;;+4/p-4. The molecule has 4 rings (SSSR count). The normalized spacial score (nSPS) is 9.61. The van der Waals surface area contributed by atoms with Crippen LogP contribution in [0.1, 0.15) is 115 Å². The predicted octanol–water partition coefficient (Wildman–Crippen LogP) is 2.83. The zero-order valence-corrected chi connectivity index (χ0v) is 34.8. The molecule has 0 bridgehead atoms. The first kappa shape index (κ1) is 51.3. The van der Waals surface area contributed by atoms with Crippen molar-refractivity contribution in [1.29, 1.82) is 0 Å². The van der Waals surface area contributed by atoms with E-state index in [4.69, 9.17) is 0 Å². The number of hydrogen-bond acceptors (Lipinski definition) is 12. The number of aliphatic carboxylic acids is 4. The molecule has 0 N–H and O–H groups in total. The first-order chi connectivity index (χ1) is 26.4. The van der Waals surface area contributed by atoms with Crippen LogP contribution in [0.3, 0.4) is 0 Å².